The zero-order valence-corrected chi connectivity index (χ0v) is 9.95. The highest BCUT2D eigenvalue weighted by Gasteiger charge is 1.91. The van der Waals surface area contributed by atoms with E-state index in [4.69, 9.17) is 0 Å². The van der Waals surface area contributed by atoms with E-state index in [1.807, 2.05) is 36.4 Å². The van der Waals surface area contributed by atoms with Crippen LogP contribution in [0.2, 0.25) is 0 Å². The third-order valence-electron chi connectivity index (χ3n) is 2.22. The molecule has 0 amide bonds. The third kappa shape index (κ3) is 2.91. The quantitative estimate of drug-likeness (QED) is 0.717. The summed E-state index contributed by atoms with van der Waals surface area (Å²) in [5.74, 6) is 0. The van der Waals surface area contributed by atoms with Gasteiger partial charge in [-0.05, 0) is 48.2 Å². The Morgan fingerprint density at radius 3 is 2.69 bits per heavy atom. The van der Waals surface area contributed by atoms with Crippen molar-refractivity contribution in [2.24, 2.45) is 0 Å². The van der Waals surface area contributed by atoms with E-state index >= 15 is 0 Å². The van der Waals surface area contributed by atoms with Crippen molar-refractivity contribution in [2.75, 3.05) is 0 Å². The molecule has 2 aromatic rings. The van der Waals surface area contributed by atoms with E-state index in [2.05, 4.69) is 29.4 Å². The fourth-order valence-corrected chi connectivity index (χ4v) is 2.16. The first kappa shape index (κ1) is 10.8. The number of aryl methyl sites for hydroxylation is 1. The van der Waals surface area contributed by atoms with Crippen LogP contribution in [0.15, 0.2) is 48.0 Å². The van der Waals surface area contributed by atoms with Gasteiger partial charge >= 0.3 is 0 Å². The molecule has 2 aromatic heterocycles. The Labute approximate surface area is 99.8 Å². The van der Waals surface area contributed by atoms with E-state index in [0.29, 0.717) is 0 Å². The summed E-state index contributed by atoms with van der Waals surface area (Å²) in [7, 11) is 0. The average molecular weight is 227 g/mol. The van der Waals surface area contributed by atoms with Crippen LogP contribution in [0.25, 0.3) is 12.2 Å². The van der Waals surface area contributed by atoms with Crippen molar-refractivity contribution >= 4 is 23.5 Å². The van der Waals surface area contributed by atoms with Crippen LogP contribution in [-0.4, -0.2) is 4.98 Å². The number of rotatable bonds is 3. The summed E-state index contributed by atoms with van der Waals surface area (Å²) in [6, 6.07) is 8.02. The first-order valence-electron chi connectivity index (χ1n) is 5.16. The summed E-state index contributed by atoms with van der Waals surface area (Å²) in [6.07, 6.45) is 9.99. The molecule has 0 saturated carbocycles. The summed E-state index contributed by atoms with van der Waals surface area (Å²) >= 11 is 1.76. The molecule has 0 aliphatic heterocycles. The average Bonchev–Trinajstić information content (AvgIpc) is 2.72. The van der Waals surface area contributed by atoms with Crippen LogP contribution in [0.4, 0.5) is 0 Å². The maximum Gasteiger partial charge on any atom is 0.0629 e. The van der Waals surface area contributed by atoms with Gasteiger partial charge in [0.15, 0.2) is 0 Å². The smallest absolute Gasteiger partial charge is 0.0629 e. The highest BCUT2D eigenvalue weighted by atomic mass is 32.1. The first-order valence-corrected chi connectivity index (χ1v) is 6.04. The van der Waals surface area contributed by atoms with Crippen LogP contribution < -0.4 is 0 Å². The fraction of sp³-hybridized carbons (Fsp3) is 0.0714. The number of nitrogens with zero attached hydrogens (tertiary/aromatic N) is 1. The van der Waals surface area contributed by atoms with Crippen LogP contribution in [0.5, 0.6) is 0 Å². The van der Waals surface area contributed by atoms with Crippen molar-refractivity contribution in [3.63, 3.8) is 0 Å². The van der Waals surface area contributed by atoms with Gasteiger partial charge in [0, 0.05) is 11.1 Å². The van der Waals surface area contributed by atoms with Gasteiger partial charge in [-0.25, -0.2) is 0 Å². The Balaban J connectivity index is 2.00. The number of aromatic nitrogens is 1. The predicted molar refractivity (Wildman–Crippen MR) is 71.4 cm³/mol. The van der Waals surface area contributed by atoms with Crippen LogP contribution >= 0.6 is 11.3 Å². The number of pyridine rings is 1. The van der Waals surface area contributed by atoms with Crippen molar-refractivity contribution in [1.29, 1.82) is 0 Å². The highest BCUT2D eigenvalue weighted by molar-refractivity contribution is 7.11. The van der Waals surface area contributed by atoms with E-state index in [0.717, 1.165) is 5.69 Å². The Bertz CT molecular complexity index is 494. The number of hydrogen-bond acceptors (Lipinski definition) is 2. The molecule has 0 N–H and O–H groups in total. The minimum Gasteiger partial charge on any atom is -0.257 e. The Morgan fingerprint density at radius 2 is 2.00 bits per heavy atom. The lowest BCUT2D eigenvalue weighted by Crippen LogP contribution is -1.75. The molecular weight excluding hydrogens is 214 g/mol. The molecule has 0 aliphatic rings. The zero-order valence-electron chi connectivity index (χ0n) is 9.13. The second-order valence-electron chi connectivity index (χ2n) is 3.44. The molecule has 2 heterocycles. The highest BCUT2D eigenvalue weighted by Crippen LogP contribution is 2.16. The Kier molecular flexibility index (Phi) is 3.67. The Morgan fingerprint density at radius 1 is 1.12 bits per heavy atom. The molecule has 2 rings (SSSR count). The maximum atomic E-state index is 4.21. The number of allylic oxidation sites excluding steroid dienone is 2. The molecule has 0 atom stereocenters. The van der Waals surface area contributed by atoms with Crippen LogP contribution in [-0.2, 0) is 0 Å². The SMILES string of the molecule is Cc1ccsc1C=CC=Cc1ccccn1. The minimum absolute atomic E-state index is 0.982. The van der Waals surface area contributed by atoms with Gasteiger partial charge in [-0.3, -0.25) is 4.98 Å². The van der Waals surface area contributed by atoms with Crippen molar-refractivity contribution in [3.05, 3.63) is 64.1 Å². The fourth-order valence-electron chi connectivity index (χ4n) is 1.33. The molecule has 0 fully saturated rings. The molecule has 0 saturated heterocycles. The van der Waals surface area contributed by atoms with E-state index in [-0.39, 0.29) is 0 Å². The summed E-state index contributed by atoms with van der Waals surface area (Å²) < 4.78 is 0. The van der Waals surface area contributed by atoms with Crippen LogP contribution in [0.1, 0.15) is 16.1 Å². The lowest BCUT2D eigenvalue weighted by molar-refractivity contribution is 1.30. The molecule has 0 bridgehead atoms. The second kappa shape index (κ2) is 5.42. The summed E-state index contributed by atoms with van der Waals surface area (Å²) in [5.41, 5.74) is 2.31. The Hall–Kier alpha value is -1.67. The first-order chi connectivity index (χ1) is 7.86. The molecule has 0 spiro atoms. The van der Waals surface area contributed by atoms with Crippen molar-refractivity contribution in [3.8, 4) is 0 Å². The molecule has 1 nitrogen and oxygen atoms in total. The molecular formula is C14H13NS. The van der Waals surface area contributed by atoms with E-state index < -0.39 is 0 Å². The van der Waals surface area contributed by atoms with Gasteiger partial charge in [0.25, 0.3) is 0 Å². The summed E-state index contributed by atoms with van der Waals surface area (Å²) in [6.45, 7) is 2.12. The summed E-state index contributed by atoms with van der Waals surface area (Å²) in [5, 5.41) is 2.11. The van der Waals surface area contributed by atoms with Crippen molar-refractivity contribution < 1.29 is 0 Å². The standard InChI is InChI=1S/C14H13NS/c1-12-9-11-16-14(12)8-3-2-6-13-7-4-5-10-15-13/h2-11H,1H3. The lowest BCUT2D eigenvalue weighted by Gasteiger charge is -1.88. The molecule has 0 aliphatic carbocycles. The normalized spacial score (nSPS) is 11.6. The van der Waals surface area contributed by atoms with Crippen LogP contribution in [0.3, 0.4) is 0 Å². The van der Waals surface area contributed by atoms with Gasteiger partial charge in [0.1, 0.15) is 0 Å². The molecule has 0 radical (unpaired) electrons. The molecule has 0 aromatic carbocycles. The summed E-state index contributed by atoms with van der Waals surface area (Å²) in [4.78, 5) is 5.52. The van der Waals surface area contributed by atoms with Crippen molar-refractivity contribution in [2.45, 2.75) is 6.92 Å². The van der Waals surface area contributed by atoms with E-state index in [9.17, 15) is 0 Å². The molecule has 80 valence electrons. The van der Waals surface area contributed by atoms with E-state index in [1.165, 1.54) is 10.4 Å². The monoisotopic (exact) mass is 227 g/mol. The van der Waals surface area contributed by atoms with E-state index in [1.54, 1.807) is 17.5 Å². The van der Waals surface area contributed by atoms with Gasteiger partial charge < -0.3 is 0 Å². The number of thiophene rings is 1. The van der Waals surface area contributed by atoms with Gasteiger partial charge in [0.2, 0.25) is 0 Å². The molecule has 2 heteroatoms. The second-order valence-corrected chi connectivity index (χ2v) is 4.39. The number of hydrogen-bond donors (Lipinski definition) is 0. The van der Waals surface area contributed by atoms with Crippen LogP contribution in [0, 0.1) is 6.92 Å². The lowest BCUT2D eigenvalue weighted by atomic mass is 10.2. The molecule has 16 heavy (non-hydrogen) atoms. The van der Waals surface area contributed by atoms with Gasteiger partial charge in [-0.1, -0.05) is 18.2 Å². The molecule has 0 unspecified atom stereocenters. The third-order valence-corrected chi connectivity index (χ3v) is 3.20. The van der Waals surface area contributed by atoms with Gasteiger partial charge in [-0.15, -0.1) is 11.3 Å². The topological polar surface area (TPSA) is 12.9 Å². The minimum atomic E-state index is 0.982. The van der Waals surface area contributed by atoms with Crippen molar-refractivity contribution in [1.82, 2.24) is 4.98 Å². The zero-order chi connectivity index (χ0) is 11.2. The largest absolute Gasteiger partial charge is 0.257 e. The van der Waals surface area contributed by atoms with Gasteiger partial charge in [-0.2, -0.15) is 0 Å². The van der Waals surface area contributed by atoms with Gasteiger partial charge in [0.05, 0.1) is 5.69 Å². The predicted octanol–water partition coefficient (Wildman–Crippen LogP) is 4.18. The maximum absolute atomic E-state index is 4.21.